The van der Waals surface area contributed by atoms with E-state index in [0.717, 1.165) is 17.3 Å². The number of rotatable bonds is 7. The Hall–Kier alpha value is -2.97. The van der Waals surface area contributed by atoms with E-state index >= 15 is 0 Å². The van der Waals surface area contributed by atoms with Gasteiger partial charge in [0.15, 0.2) is 5.82 Å². The average Bonchev–Trinajstić information content (AvgIpc) is 3.05. The lowest BCUT2D eigenvalue weighted by Crippen LogP contribution is -2.25. The minimum atomic E-state index is -0.933. The summed E-state index contributed by atoms with van der Waals surface area (Å²) in [5, 5.41) is 13.2. The molecular weight excluding hydrogens is 375 g/mol. The second kappa shape index (κ2) is 8.15. The first kappa shape index (κ1) is 18.8. The molecule has 0 amide bonds. The minimum Gasteiger partial charge on any atom is -0.481 e. The van der Waals surface area contributed by atoms with Gasteiger partial charge in [-0.05, 0) is 42.3 Å². The van der Waals surface area contributed by atoms with Gasteiger partial charge in [-0.2, -0.15) is 5.10 Å². The van der Waals surface area contributed by atoms with Gasteiger partial charge in [0.05, 0.1) is 23.3 Å². The first-order valence-corrected chi connectivity index (χ1v) is 8.39. The summed E-state index contributed by atoms with van der Waals surface area (Å²) in [6, 6.07) is 7.45. The van der Waals surface area contributed by atoms with Gasteiger partial charge in [0.25, 0.3) is 5.88 Å². The van der Waals surface area contributed by atoms with Crippen molar-refractivity contribution in [3.63, 3.8) is 0 Å². The molecule has 0 spiro atoms. The Morgan fingerprint density at radius 1 is 1.33 bits per heavy atom. The number of carboxylic acids is 1. The van der Waals surface area contributed by atoms with Gasteiger partial charge in [-0.15, -0.1) is 0 Å². The van der Waals surface area contributed by atoms with Crippen LogP contribution in [0, 0.1) is 5.82 Å². The largest absolute Gasteiger partial charge is 0.481 e. The van der Waals surface area contributed by atoms with Gasteiger partial charge in [-0.1, -0.05) is 11.6 Å². The summed E-state index contributed by atoms with van der Waals surface area (Å²) in [5.41, 5.74) is 7.37. The lowest BCUT2D eigenvalue weighted by molar-refractivity contribution is -0.137. The van der Waals surface area contributed by atoms with Gasteiger partial charge in [0.1, 0.15) is 5.75 Å². The third-order valence-corrected chi connectivity index (χ3v) is 3.87. The first-order chi connectivity index (χ1) is 12.9. The van der Waals surface area contributed by atoms with Crippen molar-refractivity contribution in [3.05, 3.63) is 65.3 Å². The number of carbonyl (C=O) groups is 1. The van der Waals surface area contributed by atoms with Crippen molar-refractivity contribution in [2.45, 2.75) is 18.9 Å². The van der Waals surface area contributed by atoms with E-state index in [1.54, 1.807) is 41.3 Å². The third kappa shape index (κ3) is 5.02. The third-order valence-electron chi connectivity index (χ3n) is 3.66. The van der Waals surface area contributed by atoms with Gasteiger partial charge in [-0.3, -0.25) is 4.79 Å². The monoisotopic (exact) mass is 390 g/mol. The molecule has 0 unspecified atom stereocenters. The zero-order valence-corrected chi connectivity index (χ0v) is 14.8. The quantitative estimate of drug-likeness (QED) is 0.642. The molecule has 3 rings (SSSR count). The molecule has 0 radical (unpaired) electrons. The second-order valence-electron chi connectivity index (χ2n) is 5.89. The summed E-state index contributed by atoms with van der Waals surface area (Å²) in [6.07, 6.45) is 5.02. The van der Waals surface area contributed by atoms with E-state index in [1.165, 1.54) is 6.20 Å². The SMILES string of the molecule is N[C@H](CC(=O)O)Cc1cnn(-c2ccc(Oc3ncc(Cl)cc3F)cc2)c1. The first-order valence-electron chi connectivity index (χ1n) is 8.01. The molecule has 0 aliphatic rings. The van der Waals surface area contributed by atoms with E-state index in [9.17, 15) is 9.18 Å². The number of hydrogen-bond acceptors (Lipinski definition) is 5. The number of hydrogen-bond donors (Lipinski definition) is 2. The molecule has 0 aliphatic carbocycles. The molecule has 2 aromatic heterocycles. The molecule has 2 heterocycles. The molecule has 1 atom stereocenters. The number of ether oxygens (including phenoxy) is 1. The zero-order chi connectivity index (χ0) is 19.4. The fourth-order valence-electron chi connectivity index (χ4n) is 2.46. The van der Waals surface area contributed by atoms with E-state index in [2.05, 4.69) is 10.1 Å². The van der Waals surface area contributed by atoms with Crippen molar-refractivity contribution >= 4 is 17.6 Å². The predicted molar refractivity (Wildman–Crippen MR) is 96.8 cm³/mol. The highest BCUT2D eigenvalue weighted by Crippen LogP contribution is 2.25. The summed E-state index contributed by atoms with van der Waals surface area (Å²) in [5.74, 6) is -1.35. The van der Waals surface area contributed by atoms with E-state index in [-0.39, 0.29) is 17.3 Å². The highest BCUT2D eigenvalue weighted by Gasteiger charge is 2.11. The van der Waals surface area contributed by atoms with Crippen LogP contribution in [0.25, 0.3) is 5.69 Å². The lowest BCUT2D eigenvalue weighted by atomic mass is 10.1. The molecule has 7 nitrogen and oxygen atoms in total. The molecule has 140 valence electrons. The Morgan fingerprint density at radius 3 is 2.74 bits per heavy atom. The van der Waals surface area contributed by atoms with E-state index in [4.69, 9.17) is 27.2 Å². The molecule has 3 N–H and O–H groups in total. The Balaban J connectivity index is 1.67. The second-order valence-corrected chi connectivity index (χ2v) is 6.33. The van der Waals surface area contributed by atoms with Crippen molar-refractivity contribution in [1.29, 1.82) is 0 Å². The summed E-state index contributed by atoms with van der Waals surface area (Å²) in [4.78, 5) is 14.5. The number of nitrogens with zero attached hydrogens (tertiary/aromatic N) is 3. The van der Waals surface area contributed by atoms with Crippen LogP contribution >= 0.6 is 11.6 Å². The molecule has 3 aromatic rings. The highest BCUT2D eigenvalue weighted by atomic mass is 35.5. The van der Waals surface area contributed by atoms with Crippen LogP contribution in [-0.4, -0.2) is 31.9 Å². The molecule has 0 saturated carbocycles. The number of halogens is 2. The van der Waals surface area contributed by atoms with Crippen molar-refractivity contribution in [3.8, 4) is 17.3 Å². The molecule has 0 fully saturated rings. The Labute approximate surface area is 159 Å². The van der Waals surface area contributed by atoms with Crippen LogP contribution in [0.1, 0.15) is 12.0 Å². The Bertz CT molecular complexity index is 946. The number of carboxylic acid groups (broad SMARTS) is 1. The van der Waals surface area contributed by atoms with Gasteiger partial charge in [0, 0.05) is 18.4 Å². The predicted octanol–water partition coefficient (Wildman–Crippen LogP) is 3.20. The zero-order valence-electron chi connectivity index (χ0n) is 14.0. The number of benzene rings is 1. The summed E-state index contributed by atoms with van der Waals surface area (Å²) in [7, 11) is 0. The van der Waals surface area contributed by atoms with Crippen LogP contribution in [0.4, 0.5) is 4.39 Å². The fraction of sp³-hybridized carbons (Fsp3) is 0.167. The van der Waals surface area contributed by atoms with Gasteiger partial charge in [-0.25, -0.2) is 14.1 Å². The van der Waals surface area contributed by atoms with Crippen LogP contribution < -0.4 is 10.5 Å². The molecule has 27 heavy (non-hydrogen) atoms. The van der Waals surface area contributed by atoms with Crippen molar-refractivity contribution in [2.24, 2.45) is 5.73 Å². The summed E-state index contributed by atoms with van der Waals surface area (Å²) in [6.45, 7) is 0. The Morgan fingerprint density at radius 2 is 2.07 bits per heavy atom. The van der Waals surface area contributed by atoms with Gasteiger partial charge < -0.3 is 15.6 Å². The molecule has 0 bridgehead atoms. The molecule has 9 heteroatoms. The highest BCUT2D eigenvalue weighted by molar-refractivity contribution is 6.30. The number of aromatic nitrogens is 3. The number of aliphatic carboxylic acids is 1. The lowest BCUT2D eigenvalue weighted by Gasteiger charge is -2.07. The average molecular weight is 391 g/mol. The van der Waals surface area contributed by atoms with Crippen LogP contribution in [0.2, 0.25) is 5.02 Å². The molecule has 0 saturated heterocycles. The van der Waals surface area contributed by atoms with Crippen molar-refractivity contribution in [1.82, 2.24) is 14.8 Å². The van der Waals surface area contributed by atoms with E-state index in [1.807, 2.05) is 0 Å². The topological polar surface area (TPSA) is 103 Å². The number of nitrogens with two attached hydrogens (primary N) is 1. The molecular formula is C18H16ClFN4O3. The normalized spacial score (nSPS) is 12.0. The fourth-order valence-corrected chi connectivity index (χ4v) is 2.61. The molecule has 1 aromatic carbocycles. The van der Waals surface area contributed by atoms with Crippen LogP contribution in [0.3, 0.4) is 0 Å². The maximum Gasteiger partial charge on any atom is 0.304 e. The molecule has 0 aliphatic heterocycles. The van der Waals surface area contributed by atoms with E-state index in [0.29, 0.717) is 12.2 Å². The maximum atomic E-state index is 13.7. The summed E-state index contributed by atoms with van der Waals surface area (Å²) >= 11 is 5.66. The maximum absolute atomic E-state index is 13.7. The van der Waals surface area contributed by atoms with Crippen LogP contribution in [0.5, 0.6) is 11.6 Å². The van der Waals surface area contributed by atoms with E-state index < -0.39 is 17.8 Å². The summed E-state index contributed by atoms with van der Waals surface area (Å²) < 4.78 is 20.8. The van der Waals surface area contributed by atoms with Crippen LogP contribution in [-0.2, 0) is 11.2 Å². The smallest absolute Gasteiger partial charge is 0.304 e. The minimum absolute atomic E-state index is 0.105. The van der Waals surface area contributed by atoms with Crippen molar-refractivity contribution < 1.29 is 19.0 Å². The van der Waals surface area contributed by atoms with Crippen LogP contribution in [0.15, 0.2) is 48.9 Å². The standard InChI is InChI=1S/C18H16ClFN4O3/c19-12-6-16(20)18(22-9-12)27-15-3-1-14(2-4-15)24-10-11(8-23-24)5-13(21)7-17(25)26/h1-4,6,8-10,13H,5,7,21H2,(H,25,26)/t13-/m0/s1. The van der Waals surface area contributed by atoms with Gasteiger partial charge >= 0.3 is 5.97 Å². The number of pyridine rings is 1. The Kier molecular flexibility index (Phi) is 5.68. The van der Waals surface area contributed by atoms with Crippen molar-refractivity contribution in [2.75, 3.05) is 0 Å². The van der Waals surface area contributed by atoms with Gasteiger partial charge in [0.2, 0.25) is 0 Å².